The highest BCUT2D eigenvalue weighted by Gasteiger charge is 2.05. The van der Waals surface area contributed by atoms with Crippen molar-refractivity contribution < 1.29 is 14.3 Å². The predicted molar refractivity (Wildman–Crippen MR) is 91.4 cm³/mol. The highest BCUT2D eigenvalue weighted by atomic mass is 16.5. The second kappa shape index (κ2) is 10.7. The van der Waals surface area contributed by atoms with E-state index < -0.39 is 0 Å². The summed E-state index contributed by atoms with van der Waals surface area (Å²) in [5.74, 6) is 0.0416. The molecular weight excluding hydrogens is 294 g/mol. The van der Waals surface area contributed by atoms with Gasteiger partial charge in [0.25, 0.3) is 0 Å². The number of ether oxygens (including phenoxy) is 1. The topological polar surface area (TPSA) is 70.7 Å². The van der Waals surface area contributed by atoms with Gasteiger partial charge in [-0.3, -0.25) is 9.59 Å². The van der Waals surface area contributed by atoms with Crippen LogP contribution in [0.4, 0.5) is 5.69 Å². The van der Waals surface area contributed by atoms with Crippen LogP contribution in [0.3, 0.4) is 0 Å². The molecule has 1 aromatic carbocycles. The van der Waals surface area contributed by atoms with Crippen LogP contribution in [0, 0.1) is 0 Å². The summed E-state index contributed by atoms with van der Waals surface area (Å²) in [5.41, 5.74) is 1.84. The van der Waals surface area contributed by atoms with Crippen LogP contribution in [0.25, 0.3) is 0 Å². The van der Waals surface area contributed by atoms with Crippen LogP contribution in [-0.4, -0.2) is 57.6 Å². The molecule has 2 N–H and O–H groups in total. The van der Waals surface area contributed by atoms with Crippen molar-refractivity contribution in [1.82, 2.24) is 10.2 Å². The molecule has 128 valence electrons. The molecule has 23 heavy (non-hydrogen) atoms. The van der Waals surface area contributed by atoms with Crippen molar-refractivity contribution in [3.05, 3.63) is 29.8 Å². The molecule has 0 unspecified atom stereocenters. The molecule has 0 saturated carbocycles. The number of nitrogens with zero attached hydrogens (tertiary/aromatic N) is 1. The zero-order valence-electron chi connectivity index (χ0n) is 14.2. The molecule has 0 heterocycles. The SMILES string of the molecule is COCCCNCC(=O)Nc1ccc(CCC(=O)N(C)C)cc1. The lowest BCUT2D eigenvalue weighted by Gasteiger charge is -2.10. The third-order valence-corrected chi connectivity index (χ3v) is 3.35. The van der Waals surface area contributed by atoms with E-state index in [-0.39, 0.29) is 18.4 Å². The first-order valence-corrected chi connectivity index (χ1v) is 7.81. The fourth-order valence-corrected chi connectivity index (χ4v) is 1.98. The fourth-order valence-electron chi connectivity index (χ4n) is 1.98. The molecule has 6 nitrogen and oxygen atoms in total. The molecule has 0 bridgehead atoms. The lowest BCUT2D eigenvalue weighted by atomic mass is 10.1. The number of carbonyl (C=O) groups excluding carboxylic acids is 2. The predicted octanol–water partition coefficient (Wildman–Crippen LogP) is 1.27. The van der Waals surface area contributed by atoms with Gasteiger partial charge in [-0.15, -0.1) is 0 Å². The van der Waals surface area contributed by atoms with Crippen LogP contribution in [0.1, 0.15) is 18.4 Å². The molecule has 0 spiro atoms. The monoisotopic (exact) mass is 321 g/mol. The first kappa shape index (κ1) is 19.1. The number of aryl methyl sites for hydroxylation is 1. The number of methoxy groups -OCH3 is 1. The summed E-state index contributed by atoms with van der Waals surface area (Å²) in [6, 6.07) is 7.59. The summed E-state index contributed by atoms with van der Waals surface area (Å²) in [6.45, 7) is 1.72. The normalized spacial score (nSPS) is 10.4. The lowest BCUT2D eigenvalue weighted by molar-refractivity contribution is -0.128. The van der Waals surface area contributed by atoms with E-state index in [2.05, 4.69) is 10.6 Å². The van der Waals surface area contributed by atoms with Crippen LogP contribution in [0.2, 0.25) is 0 Å². The summed E-state index contributed by atoms with van der Waals surface area (Å²) in [4.78, 5) is 24.9. The van der Waals surface area contributed by atoms with Crippen molar-refractivity contribution in [3.63, 3.8) is 0 Å². The van der Waals surface area contributed by atoms with Crippen molar-refractivity contribution >= 4 is 17.5 Å². The zero-order valence-corrected chi connectivity index (χ0v) is 14.2. The molecule has 0 aliphatic rings. The Morgan fingerprint density at radius 3 is 2.48 bits per heavy atom. The van der Waals surface area contributed by atoms with Crippen molar-refractivity contribution in [1.29, 1.82) is 0 Å². The first-order chi connectivity index (χ1) is 11.0. The van der Waals surface area contributed by atoms with Gasteiger partial charge >= 0.3 is 0 Å². The fraction of sp³-hybridized carbons (Fsp3) is 0.529. The Morgan fingerprint density at radius 2 is 1.87 bits per heavy atom. The molecule has 1 aromatic rings. The number of carbonyl (C=O) groups is 2. The van der Waals surface area contributed by atoms with Gasteiger partial charge in [-0.05, 0) is 37.1 Å². The number of anilines is 1. The van der Waals surface area contributed by atoms with Crippen LogP contribution in [0.15, 0.2) is 24.3 Å². The largest absolute Gasteiger partial charge is 0.385 e. The summed E-state index contributed by atoms with van der Waals surface area (Å²) >= 11 is 0. The molecule has 6 heteroatoms. The number of hydrogen-bond acceptors (Lipinski definition) is 4. The minimum absolute atomic E-state index is 0.0713. The minimum atomic E-state index is -0.0713. The molecule has 0 radical (unpaired) electrons. The summed E-state index contributed by atoms with van der Waals surface area (Å²) < 4.78 is 4.94. The second-order valence-corrected chi connectivity index (χ2v) is 5.56. The molecule has 0 fully saturated rings. The molecule has 0 aliphatic carbocycles. The average Bonchev–Trinajstić information content (AvgIpc) is 2.53. The van der Waals surface area contributed by atoms with Gasteiger partial charge in [0.05, 0.1) is 6.54 Å². The van der Waals surface area contributed by atoms with E-state index in [1.54, 1.807) is 26.1 Å². The van der Waals surface area contributed by atoms with E-state index in [1.807, 2.05) is 24.3 Å². The Hall–Kier alpha value is -1.92. The quantitative estimate of drug-likeness (QED) is 0.637. The second-order valence-electron chi connectivity index (χ2n) is 5.56. The number of nitrogens with one attached hydrogen (secondary N) is 2. The standard InChI is InChI=1S/C17H27N3O3/c1-20(2)17(22)10-7-14-5-8-15(9-6-14)19-16(21)13-18-11-4-12-23-3/h5-6,8-9,18H,4,7,10-13H2,1-3H3,(H,19,21). The third-order valence-electron chi connectivity index (χ3n) is 3.35. The smallest absolute Gasteiger partial charge is 0.238 e. The van der Waals surface area contributed by atoms with E-state index >= 15 is 0 Å². The molecule has 2 amide bonds. The van der Waals surface area contributed by atoms with Gasteiger partial charge in [-0.2, -0.15) is 0 Å². The molecule has 0 aromatic heterocycles. The Kier molecular flexibility index (Phi) is 8.94. The van der Waals surface area contributed by atoms with Gasteiger partial charge in [0.1, 0.15) is 0 Å². The number of rotatable bonds is 10. The van der Waals surface area contributed by atoms with E-state index in [0.29, 0.717) is 19.4 Å². The van der Waals surface area contributed by atoms with E-state index in [9.17, 15) is 9.59 Å². The minimum Gasteiger partial charge on any atom is -0.385 e. The number of benzene rings is 1. The summed E-state index contributed by atoms with van der Waals surface area (Å²) in [7, 11) is 5.17. The Bertz CT molecular complexity index is 486. The zero-order chi connectivity index (χ0) is 17.1. The van der Waals surface area contributed by atoms with Crippen LogP contribution in [0.5, 0.6) is 0 Å². The molecule has 0 aliphatic heterocycles. The Labute approximate surface area is 138 Å². The van der Waals surface area contributed by atoms with Crippen LogP contribution in [-0.2, 0) is 20.7 Å². The summed E-state index contributed by atoms with van der Waals surface area (Å²) in [6.07, 6.45) is 2.07. The molecule has 1 rings (SSSR count). The highest BCUT2D eigenvalue weighted by Crippen LogP contribution is 2.11. The van der Waals surface area contributed by atoms with Gasteiger partial charge in [0.15, 0.2) is 0 Å². The van der Waals surface area contributed by atoms with Crippen LogP contribution >= 0.6 is 0 Å². The third kappa shape index (κ3) is 8.32. The summed E-state index contributed by atoms with van der Waals surface area (Å²) in [5, 5.41) is 5.90. The van der Waals surface area contributed by atoms with E-state index in [4.69, 9.17) is 4.74 Å². The molecule has 0 atom stereocenters. The van der Waals surface area contributed by atoms with Gasteiger partial charge in [-0.1, -0.05) is 12.1 Å². The Balaban J connectivity index is 2.30. The molecule has 0 saturated heterocycles. The van der Waals surface area contributed by atoms with Crippen molar-refractivity contribution in [2.24, 2.45) is 0 Å². The maximum atomic E-state index is 11.8. The van der Waals surface area contributed by atoms with E-state index in [0.717, 1.165) is 24.2 Å². The maximum absolute atomic E-state index is 11.8. The van der Waals surface area contributed by atoms with Gasteiger partial charge in [0.2, 0.25) is 11.8 Å². The number of amides is 2. The van der Waals surface area contributed by atoms with Crippen molar-refractivity contribution in [2.45, 2.75) is 19.3 Å². The van der Waals surface area contributed by atoms with Gasteiger partial charge in [-0.25, -0.2) is 0 Å². The van der Waals surface area contributed by atoms with Crippen molar-refractivity contribution in [3.8, 4) is 0 Å². The molecular formula is C17H27N3O3. The lowest BCUT2D eigenvalue weighted by Crippen LogP contribution is -2.29. The van der Waals surface area contributed by atoms with Crippen molar-refractivity contribution in [2.75, 3.05) is 46.2 Å². The van der Waals surface area contributed by atoms with Gasteiger partial charge in [0, 0.05) is 39.9 Å². The van der Waals surface area contributed by atoms with E-state index in [1.165, 1.54) is 0 Å². The maximum Gasteiger partial charge on any atom is 0.238 e. The van der Waals surface area contributed by atoms with Gasteiger partial charge < -0.3 is 20.3 Å². The van der Waals surface area contributed by atoms with Crippen LogP contribution < -0.4 is 10.6 Å². The average molecular weight is 321 g/mol. The first-order valence-electron chi connectivity index (χ1n) is 7.81. The highest BCUT2D eigenvalue weighted by molar-refractivity contribution is 5.92. The number of hydrogen-bond donors (Lipinski definition) is 2. The Morgan fingerprint density at radius 1 is 1.17 bits per heavy atom.